The zero-order valence-electron chi connectivity index (χ0n) is 12.1. The van der Waals surface area contributed by atoms with E-state index in [0.717, 1.165) is 12.1 Å². The lowest BCUT2D eigenvalue weighted by Crippen LogP contribution is -2.29. The minimum absolute atomic E-state index is 0.112. The zero-order chi connectivity index (χ0) is 14.0. The number of nitrogens with one attached hydrogen (secondary N) is 1. The normalized spacial score (nSPS) is 12.7. The average Bonchev–Trinajstić information content (AvgIpc) is 2.61. The van der Waals surface area contributed by atoms with Crippen molar-refractivity contribution in [3.8, 4) is 0 Å². The Labute approximate surface area is 114 Å². The largest absolute Gasteiger partial charge is 0.272 e. The summed E-state index contributed by atoms with van der Waals surface area (Å²) in [7, 11) is 1.98. The van der Waals surface area contributed by atoms with Crippen molar-refractivity contribution >= 4 is 0 Å². The van der Waals surface area contributed by atoms with Gasteiger partial charge in [-0.2, -0.15) is 5.10 Å². The monoisotopic (exact) mass is 258 g/mol. The highest BCUT2D eigenvalue weighted by Gasteiger charge is 2.16. The third-order valence-corrected chi connectivity index (χ3v) is 3.71. The topological polar surface area (TPSA) is 55.9 Å². The lowest BCUT2D eigenvalue weighted by Gasteiger charge is -2.17. The number of hydrogen-bond donors (Lipinski definition) is 2. The molecule has 1 aromatic heterocycles. The van der Waals surface area contributed by atoms with Crippen molar-refractivity contribution in [3.63, 3.8) is 0 Å². The first-order chi connectivity index (χ1) is 9.02. The van der Waals surface area contributed by atoms with Gasteiger partial charge in [-0.1, -0.05) is 29.8 Å². The number of aryl methyl sites for hydroxylation is 3. The van der Waals surface area contributed by atoms with Crippen LogP contribution in [0, 0.1) is 20.8 Å². The van der Waals surface area contributed by atoms with Crippen LogP contribution < -0.4 is 11.3 Å². The highest BCUT2D eigenvalue weighted by Crippen LogP contribution is 2.22. The van der Waals surface area contributed by atoms with E-state index in [2.05, 4.69) is 48.6 Å². The summed E-state index contributed by atoms with van der Waals surface area (Å²) < 4.78 is 1.93. The Kier molecular flexibility index (Phi) is 4.02. The van der Waals surface area contributed by atoms with Crippen molar-refractivity contribution in [1.82, 2.24) is 15.2 Å². The van der Waals surface area contributed by atoms with Crippen molar-refractivity contribution in [2.45, 2.75) is 33.2 Å². The number of nitrogens with zero attached hydrogens (tertiary/aromatic N) is 2. The molecule has 1 atom stereocenters. The van der Waals surface area contributed by atoms with Crippen LogP contribution in [0.3, 0.4) is 0 Å². The molecule has 102 valence electrons. The Balaban J connectivity index is 2.29. The number of aromatic nitrogens is 2. The van der Waals surface area contributed by atoms with Crippen molar-refractivity contribution in [3.05, 3.63) is 52.3 Å². The molecule has 0 fully saturated rings. The predicted molar refractivity (Wildman–Crippen MR) is 77.6 cm³/mol. The van der Waals surface area contributed by atoms with Crippen molar-refractivity contribution in [2.75, 3.05) is 0 Å². The molecule has 0 bridgehead atoms. The van der Waals surface area contributed by atoms with Gasteiger partial charge in [0.1, 0.15) is 0 Å². The van der Waals surface area contributed by atoms with Gasteiger partial charge in [-0.25, -0.2) is 0 Å². The van der Waals surface area contributed by atoms with E-state index in [-0.39, 0.29) is 6.04 Å². The van der Waals surface area contributed by atoms with Gasteiger partial charge in [0.25, 0.3) is 0 Å². The van der Waals surface area contributed by atoms with Crippen molar-refractivity contribution < 1.29 is 0 Å². The lowest BCUT2D eigenvalue weighted by molar-refractivity contribution is 0.549. The second kappa shape index (κ2) is 5.55. The quantitative estimate of drug-likeness (QED) is 0.652. The highest BCUT2D eigenvalue weighted by atomic mass is 15.3. The highest BCUT2D eigenvalue weighted by molar-refractivity contribution is 5.30. The van der Waals surface area contributed by atoms with Crippen LogP contribution in [-0.4, -0.2) is 9.78 Å². The van der Waals surface area contributed by atoms with Gasteiger partial charge in [0, 0.05) is 12.7 Å². The summed E-state index contributed by atoms with van der Waals surface area (Å²) in [6.07, 6.45) is 0.853. The number of hydrazine groups is 1. The average molecular weight is 258 g/mol. The molecule has 4 nitrogen and oxygen atoms in total. The van der Waals surface area contributed by atoms with Gasteiger partial charge in [0.05, 0.1) is 11.7 Å². The van der Waals surface area contributed by atoms with Gasteiger partial charge >= 0.3 is 0 Å². The summed E-state index contributed by atoms with van der Waals surface area (Å²) in [5, 5.41) is 4.46. The van der Waals surface area contributed by atoms with E-state index in [1.807, 2.05) is 18.7 Å². The third-order valence-electron chi connectivity index (χ3n) is 3.71. The minimum atomic E-state index is 0.112. The zero-order valence-corrected chi connectivity index (χ0v) is 12.1. The molecule has 1 unspecified atom stereocenters. The molecule has 0 radical (unpaired) electrons. The molecule has 3 N–H and O–H groups in total. The van der Waals surface area contributed by atoms with Crippen molar-refractivity contribution in [2.24, 2.45) is 12.9 Å². The summed E-state index contributed by atoms with van der Waals surface area (Å²) in [6.45, 7) is 6.24. The van der Waals surface area contributed by atoms with Crippen LogP contribution in [-0.2, 0) is 13.5 Å². The van der Waals surface area contributed by atoms with Crippen LogP contribution in [0.1, 0.15) is 34.1 Å². The molecule has 0 spiro atoms. The molecule has 1 heterocycles. The maximum absolute atomic E-state index is 5.73. The molecule has 0 saturated carbocycles. The Morgan fingerprint density at radius 3 is 2.58 bits per heavy atom. The Bertz CT molecular complexity index is 572. The summed E-state index contributed by atoms with van der Waals surface area (Å²) in [6, 6.07) is 8.56. The van der Waals surface area contributed by atoms with Crippen LogP contribution in [0.5, 0.6) is 0 Å². The Morgan fingerprint density at radius 2 is 2.05 bits per heavy atom. The van der Waals surface area contributed by atoms with Crippen LogP contribution in [0.25, 0.3) is 0 Å². The van der Waals surface area contributed by atoms with E-state index < -0.39 is 0 Å². The molecular weight excluding hydrogens is 236 g/mol. The van der Waals surface area contributed by atoms with Crippen LogP contribution >= 0.6 is 0 Å². The third kappa shape index (κ3) is 2.85. The molecule has 2 aromatic rings. The first-order valence-corrected chi connectivity index (χ1v) is 6.54. The van der Waals surface area contributed by atoms with Gasteiger partial charge in [0.2, 0.25) is 0 Å². The minimum Gasteiger partial charge on any atom is -0.272 e. The molecule has 2 rings (SSSR count). The van der Waals surface area contributed by atoms with Crippen LogP contribution in [0.2, 0.25) is 0 Å². The number of nitrogens with two attached hydrogens (primary N) is 1. The molecule has 1 aromatic carbocycles. The number of hydrogen-bond acceptors (Lipinski definition) is 3. The molecule has 0 saturated heterocycles. The predicted octanol–water partition coefficient (Wildman–Crippen LogP) is 2.09. The maximum Gasteiger partial charge on any atom is 0.0629 e. The van der Waals surface area contributed by atoms with E-state index in [1.54, 1.807) is 0 Å². The van der Waals surface area contributed by atoms with E-state index >= 15 is 0 Å². The molecule has 4 heteroatoms. The smallest absolute Gasteiger partial charge is 0.0629 e. The molecule has 0 amide bonds. The fourth-order valence-corrected chi connectivity index (χ4v) is 2.48. The number of rotatable bonds is 4. The Morgan fingerprint density at radius 1 is 1.32 bits per heavy atom. The second-order valence-corrected chi connectivity index (χ2v) is 5.11. The summed E-state index contributed by atoms with van der Waals surface area (Å²) >= 11 is 0. The van der Waals surface area contributed by atoms with Gasteiger partial charge in [-0.05, 0) is 38.3 Å². The van der Waals surface area contributed by atoms with E-state index in [4.69, 9.17) is 5.84 Å². The molecular formula is C15H22N4. The van der Waals surface area contributed by atoms with Crippen molar-refractivity contribution in [1.29, 1.82) is 0 Å². The van der Waals surface area contributed by atoms with Gasteiger partial charge in [-0.15, -0.1) is 0 Å². The summed E-state index contributed by atoms with van der Waals surface area (Å²) in [5.41, 5.74) is 8.93. The first kappa shape index (κ1) is 13.8. The molecule has 0 aliphatic heterocycles. The van der Waals surface area contributed by atoms with Gasteiger partial charge in [0.15, 0.2) is 0 Å². The summed E-state index contributed by atoms with van der Waals surface area (Å²) in [5.74, 6) is 5.73. The summed E-state index contributed by atoms with van der Waals surface area (Å²) in [4.78, 5) is 0. The maximum atomic E-state index is 5.73. The number of benzene rings is 1. The fourth-order valence-electron chi connectivity index (χ4n) is 2.48. The standard InChI is InChI=1S/C15H22N4/c1-10-6-5-7-13(8-10)15(17-16)9-14-11(2)18-19(4)12(14)3/h5-8,15,17H,9,16H2,1-4H3. The Hall–Kier alpha value is -1.65. The van der Waals surface area contributed by atoms with Gasteiger partial charge in [-0.3, -0.25) is 16.0 Å². The van der Waals surface area contributed by atoms with E-state index in [9.17, 15) is 0 Å². The lowest BCUT2D eigenvalue weighted by atomic mass is 9.97. The molecule has 19 heavy (non-hydrogen) atoms. The first-order valence-electron chi connectivity index (χ1n) is 6.54. The van der Waals surface area contributed by atoms with Crippen LogP contribution in [0.15, 0.2) is 24.3 Å². The van der Waals surface area contributed by atoms with E-state index in [0.29, 0.717) is 0 Å². The van der Waals surface area contributed by atoms with Crippen LogP contribution in [0.4, 0.5) is 0 Å². The fraction of sp³-hybridized carbons (Fsp3) is 0.400. The SMILES string of the molecule is Cc1cccc(C(Cc2c(C)nn(C)c2C)NN)c1. The van der Waals surface area contributed by atoms with E-state index in [1.165, 1.54) is 22.4 Å². The molecule has 0 aliphatic carbocycles. The second-order valence-electron chi connectivity index (χ2n) is 5.11. The van der Waals surface area contributed by atoms with Gasteiger partial charge < -0.3 is 0 Å². The molecule has 0 aliphatic rings.